The van der Waals surface area contributed by atoms with Gasteiger partial charge in [0.2, 0.25) is 0 Å². The second kappa shape index (κ2) is 6.14. The second-order valence-corrected chi connectivity index (χ2v) is 5.30. The van der Waals surface area contributed by atoms with E-state index < -0.39 is 0 Å². The van der Waals surface area contributed by atoms with Crippen molar-refractivity contribution < 1.29 is 9.47 Å². The lowest BCUT2D eigenvalue weighted by Crippen LogP contribution is -2.15. The standard InChI is InChI=1S/C16H17ClN2O2/c17-13-10-12(18)2-3-14(13)19-6-5-11-1-4-15-16(9-11)21-8-7-20-15/h1-4,9-10,19H,5-8,18H2. The van der Waals surface area contributed by atoms with Gasteiger partial charge in [0.1, 0.15) is 13.2 Å². The van der Waals surface area contributed by atoms with E-state index >= 15 is 0 Å². The number of rotatable bonds is 4. The molecule has 4 nitrogen and oxygen atoms in total. The van der Waals surface area contributed by atoms with Crippen LogP contribution in [0.15, 0.2) is 36.4 Å². The Morgan fingerprint density at radius 1 is 1.05 bits per heavy atom. The number of hydrogen-bond donors (Lipinski definition) is 2. The zero-order valence-corrected chi connectivity index (χ0v) is 12.3. The van der Waals surface area contributed by atoms with E-state index in [4.69, 9.17) is 26.8 Å². The molecule has 3 rings (SSSR count). The minimum atomic E-state index is 0.607. The minimum Gasteiger partial charge on any atom is -0.486 e. The van der Waals surface area contributed by atoms with Crippen LogP contribution in [0.4, 0.5) is 11.4 Å². The lowest BCUT2D eigenvalue weighted by Gasteiger charge is -2.19. The third kappa shape index (κ3) is 3.34. The molecule has 3 N–H and O–H groups in total. The lowest BCUT2D eigenvalue weighted by atomic mass is 10.1. The monoisotopic (exact) mass is 304 g/mol. The Morgan fingerprint density at radius 2 is 1.86 bits per heavy atom. The molecule has 0 fully saturated rings. The molecule has 110 valence electrons. The molecule has 0 spiro atoms. The van der Waals surface area contributed by atoms with E-state index in [-0.39, 0.29) is 0 Å². The van der Waals surface area contributed by atoms with Crippen molar-refractivity contribution in [1.82, 2.24) is 0 Å². The van der Waals surface area contributed by atoms with Gasteiger partial charge in [0.25, 0.3) is 0 Å². The number of nitrogen functional groups attached to an aromatic ring is 1. The molecule has 21 heavy (non-hydrogen) atoms. The summed E-state index contributed by atoms with van der Waals surface area (Å²) in [4.78, 5) is 0. The minimum absolute atomic E-state index is 0.607. The summed E-state index contributed by atoms with van der Waals surface area (Å²) in [6.07, 6.45) is 0.872. The van der Waals surface area contributed by atoms with Crippen LogP contribution in [0.1, 0.15) is 5.56 Å². The first kappa shape index (κ1) is 13.9. The van der Waals surface area contributed by atoms with E-state index in [1.54, 1.807) is 6.07 Å². The number of ether oxygens (including phenoxy) is 2. The predicted octanol–water partition coefficient (Wildman–Crippen LogP) is 3.35. The lowest BCUT2D eigenvalue weighted by molar-refractivity contribution is 0.171. The van der Waals surface area contributed by atoms with Crippen molar-refractivity contribution >= 4 is 23.0 Å². The average molecular weight is 305 g/mol. The fourth-order valence-electron chi connectivity index (χ4n) is 2.26. The molecule has 1 aliphatic heterocycles. The van der Waals surface area contributed by atoms with E-state index in [1.165, 1.54) is 5.56 Å². The Kier molecular flexibility index (Phi) is 4.06. The van der Waals surface area contributed by atoms with Gasteiger partial charge in [-0.3, -0.25) is 0 Å². The van der Waals surface area contributed by atoms with Gasteiger partial charge in [0, 0.05) is 12.2 Å². The third-order valence-electron chi connectivity index (χ3n) is 3.33. The first-order chi connectivity index (χ1) is 10.2. The molecule has 5 heteroatoms. The first-order valence-electron chi connectivity index (χ1n) is 6.90. The summed E-state index contributed by atoms with van der Waals surface area (Å²) in [5.41, 5.74) is 8.42. The largest absolute Gasteiger partial charge is 0.486 e. The van der Waals surface area contributed by atoms with Gasteiger partial charge in [-0.15, -0.1) is 0 Å². The zero-order chi connectivity index (χ0) is 14.7. The molecule has 0 aromatic heterocycles. The van der Waals surface area contributed by atoms with E-state index in [9.17, 15) is 0 Å². The van der Waals surface area contributed by atoms with Gasteiger partial charge in [-0.2, -0.15) is 0 Å². The second-order valence-electron chi connectivity index (χ2n) is 4.89. The number of hydrogen-bond acceptors (Lipinski definition) is 4. The summed E-state index contributed by atoms with van der Waals surface area (Å²) in [5.74, 6) is 1.64. The molecule has 1 aliphatic rings. The first-order valence-corrected chi connectivity index (χ1v) is 7.27. The normalized spacial score (nSPS) is 13.0. The van der Waals surface area contributed by atoms with Crippen LogP contribution in [0.25, 0.3) is 0 Å². The van der Waals surface area contributed by atoms with E-state index in [0.29, 0.717) is 23.9 Å². The molecule has 2 aromatic rings. The molecule has 0 amide bonds. The van der Waals surface area contributed by atoms with Gasteiger partial charge in [0.15, 0.2) is 11.5 Å². The maximum atomic E-state index is 6.13. The van der Waals surface area contributed by atoms with E-state index in [1.807, 2.05) is 24.3 Å². The molecule has 0 saturated carbocycles. The highest BCUT2D eigenvalue weighted by molar-refractivity contribution is 6.33. The van der Waals surface area contributed by atoms with Crippen LogP contribution >= 0.6 is 11.6 Å². The molecule has 1 heterocycles. The summed E-state index contributed by atoms with van der Waals surface area (Å²) >= 11 is 6.13. The van der Waals surface area contributed by atoms with Gasteiger partial charge in [-0.1, -0.05) is 17.7 Å². The highest BCUT2D eigenvalue weighted by Gasteiger charge is 2.11. The van der Waals surface area contributed by atoms with Crippen molar-refractivity contribution in [2.45, 2.75) is 6.42 Å². The highest BCUT2D eigenvalue weighted by Crippen LogP contribution is 2.31. The van der Waals surface area contributed by atoms with Crippen LogP contribution in [0.5, 0.6) is 11.5 Å². The van der Waals surface area contributed by atoms with Gasteiger partial charge in [-0.25, -0.2) is 0 Å². The number of anilines is 2. The number of nitrogens with two attached hydrogens (primary N) is 1. The summed E-state index contributed by atoms with van der Waals surface area (Å²) in [6, 6.07) is 11.5. The number of benzene rings is 2. The predicted molar refractivity (Wildman–Crippen MR) is 85.5 cm³/mol. The van der Waals surface area contributed by atoms with Crippen molar-refractivity contribution in [3.05, 3.63) is 47.0 Å². The van der Waals surface area contributed by atoms with Crippen LogP contribution in [-0.4, -0.2) is 19.8 Å². The van der Waals surface area contributed by atoms with Crippen molar-refractivity contribution in [1.29, 1.82) is 0 Å². The Bertz CT molecular complexity index is 646. The van der Waals surface area contributed by atoms with Crippen LogP contribution in [0, 0.1) is 0 Å². The van der Waals surface area contributed by atoms with Crippen molar-refractivity contribution in [2.24, 2.45) is 0 Å². The quantitative estimate of drug-likeness (QED) is 0.851. The molecule has 0 atom stereocenters. The Balaban J connectivity index is 1.60. The van der Waals surface area contributed by atoms with Crippen molar-refractivity contribution in [3.63, 3.8) is 0 Å². The maximum absolute atomic E-state index is 6.13. The Labute approximate surface area is 128 Å². The fraction of sp³-hybridized carbons (Fsp3) is 0.250. The van der Waals surface area contributed by atoms with Gasteiger partial charge >= 0.3 is 0 Å². The van der Waals surface area contributed by atoms with Crippen molar-refractivity contribution in [2.75, 3.05) is 30.8 Å². The van der Waals surface area contributed by atoms with Gasteiger partial charge in [0.05, 0.1) is 10.7 Å². The Morgan fingerprint density at radius 3 is 2.67 bits per heavy atom. The maximum Gasteiger partial charge on any atom is 0.161 e. The molecule has 0 radical (unpaired) electrons. The molecular weight excluding hydrogens is 288 g/mol. The summed E-state index contributed by atoms with van der Waals surface area (Å²) in [6.45, 7) is 2.00. The summed E-state index contributed by atoms with van der Waals surface area (Å²) in [7, 11) is 0. The number of fused-ring (bicyclic) bond motifs is 1. The van der Waals surface area contributed by atoms with E-state index in [0.717, 1.165) is 30.2 Å². The van der Waals surface area contributed by atoms with Gasteiger partial charge in [-0.05, 0) is 42.3 Å². The topological polar surface area (TPSA) is 56.5 Å². The molecular formula is C16H17ClN2O2. The fourth-order valence-corrected chi connectivity index (χ4v) is 2.52. The summed E-state index contributed by atoms with van der Waals surface area (Å²) in [5, 5.41) is 3.95. The van der Waals surface area contributed by atoms with Gasteiger partial charge < -0.3 is 20.5 Å². The van der Waals surface area contributed by atoms with Crippen molar-refractivity contribution in [3.8, 4) is 11.5 Å². The third-order valence-corrected chi connectivity index (χ3v) is 3.64. The SMILES string of the molecule is Nc1ccc(NCCc2ccc3c(c2)OCCO3)c(Cl)c1. The highest BCUT2D eigenvalue weighted by atomic mass is 35.5. The smallest absolute Gasteiger partial charge is 0.161 e. The number of nitrogens with one attached hydrogen (secondary N) is 1. The zero-order valence-electron chi connectivity index (χ0n) is 11.6. The van der Waals surface area contributed by atoms with Crippen LogP contribution in [0.3, 0.4) is 0 Å². The van der Waals surface area contributed by atoms with E-state index in [2.05, 4.69) is 11.4 Å². The molecule has 0 aliphatic carbocycles. The van der Waals surface area contributed by atoms with Crippen LogP contribution in [0.2, 0.25) is 5.02 Å². The average Bonchev–Trinajstić information content (AvgIpc) is 2.49. The number of halogens is 1. The van der Waals surface area contributed by atoms with Crippen LogP contribution in [-0.2, 0) is 6.42 Å². The van der Waals surface area contributed by atoms with Crippen LogP contribution < -0.4 is 20.5 Å². The molecule has 2 aromatic carbocycles. The molecule has 0 saturated heterocycles. The molecule has 0 bridgehead atoms. The summed E-state index contributed by atoms with van der Waals surface area (Å²) < 4.78 is 11.1. The Hall–Kier alpha value is -2.07. The molecule has 0 unspecified atom stereocenters.